The van der Waals surface area contributed by atoms with Crippen molar-refractivity contribution in [2.45, 2.75) is 38.1 Å². The number of piperazine rings is 1. The molecule has 0 bridgehead atoms. The van der Waals surface area contributed by atoms with Gasteiger partial charge in [0.15, 0.2) is 0 Å². The second-order valence-corrected chi connectivity index (χ2v) is 6.09. The van der Waals surface area contributed by atoms with Crippen LogP contribution in [-0.4, -0.2) is 58.3 Å². The van der Waals surface area contributed by atoms with Gasteiger partial charge in [0.05, 0.1) is 0 Å². The number of hydrogen-bond acceptors (Lipinski definition) is 5. The minimum Gasteiger partial charge on any atom is -0.347 e. The van der Waals surface area contributed by atoms with Gasteiger partial charge in [0.1, 0.15) is 0 Å². The molecule has 3 N–H and O–H groups in total. The number of aromatic amines is 2. The fourth-order valence-electron chi connectivity index (χ4n) is 3.19. The first-order chi connectivity index (χ1) is 11.1. The Hall–Kier alpha value is -2.32. The molecule has 9 heteroatoms. The quantitative estimate of drug-likeness (QED) is 0.687. The Morgan fingerprint density at radius 2 is 1.78 bits per heavy atom. The van der Waals surface area contributed by atoms with Crippen LogP contribution in [0.4, 0.5) is 10.6 Å². The second-order valence-electron chi connectivity index (χ2n) is 6.09. The first-order valence-electron chi connectivity index (χ1n) is 8.13. The van der Waals surface area contributed by atoms with Crippen LogP contribution in [0.5, 0.6) is 0 Å². The number of H-pyrrole nitrogens is 2. The molecule has 1 aromatic heterocycles. The third-order valence-corrected chi connectivity index (χ3v) is 4.49. The molecule has 3 rings (SSSR count). The molecule has 23 heavy (non-hydrogen) atoms. The number of aromatic nitrogens is 3. The minimum absolute atomic E-state index is 0.0279. The van der Waals surface area contributed by atoms with E-state index < -0.39 is 11.2 Å². The Morgan fingerprint density at radius 3 is 2.43 bits per heavy atom. The average molecular weight is 322 g/mol. The summed E-state index contributed by atoms with van der Waals surface area (Å²) in [7, 11) is 0. The van der Waals surface area contributed by atoms with Crippen LogP contribution in [0.1, 0.15) is 32.1 Å². The molecule has 0 spiro atoms. The molecular weight excluding hydrogens is 300 g/mol. The Morgan fingerprint density at radius 1 is 1.09 bits per heavy atom. The summed E-state index contributed by atoms with van der Waals surface area (Å²) in [6.45, 7) is 2.08. The van der Waals surface area contributed by atoms with Gasteiger partial charge in [-0.15, -0.1) is 5.10 Å². The summed E-state index contributed by atoms with van der Waals surface area (Å²) in [6, 6.07) is 0.262. The molecule has 1 aliphatic carbocycles. The third kappa shape index (κ3) is 3.72. The van der Waals surface area contributed by atoms with E-state index in [0.717, 1.165) is 12.8 Å². The van der Waals surface area contributed by atoms with Crippen LogP contribution in [0.3, 0.4) is 0 Å². The standard InChI is InChI=1S/C14H22N6O3/c21-12-11(17-18-13(22)16-12)19-6-8-20(9-7-19)14(23)15-10-4-2-1-3-5-10/h10H,1-9H2,(H,15,23)(H2,16,18,21,22). The highest BCUT2D eigenvalue weighted by atomic mass is 16.2. The van der Waals surface area contributed by atoms with Crippen LogP contribution in [-0.2, 0) is 0 Å². The average Bonchev–Trinajstić information content (AvgIpc) is 2.56. The van der Waals surface area contributed by atoms with Crippen LogP contribution in [0.2, 0.25) is 0 Å². The first kappa shape index (κ1) is 15.6. The van der Waals surface area contributed by atoms with Gasteiger partial charge >= 0.3 is 11.7 Å². The molecule has 1 saturated carbocycles. The van der Waals surface area contributed by atoms with Crippen molar-refractivity contribution in [1.82, 2.24) is 25.4 Å². The smallest absolute Gasteiger partial charge is 0.342 e. The lowest BCUT2D eigenvalue weighted by Crippen LogP contribution is -2.54. The van der Waals surface area contributed by atoms with E-state index in [0.29, 0.717) is 26.2 Å². The van der Waals surface area contributed by atoms with Crippen molar-refractivity contribution in [3.63, 3.8) is 0 Å². The van der Waals surface area contributed by atoms with E-state index in [4.69, 9.17) is 0 Å². The summed E-state index contributed by atoms with van der Waals surface area (Å²) in [5.74, 6) is 0.192. The van der Waals surface area contributed by atoms with Gasteiger partial charge in [-0.25, -0.2) is 14.7 Å². The van der Waals surface area contributed by atoms with E-state index in [2.05, 4.69) is 20.5 Å². The van der Waals surface area contributed by atoms with E-state index in [9.17, 15) is 14.4 Å². The van der Waals surface area contributed by atoms with Gasteiger partial charge in [0.2, 0.25) is 5.82 Å². The minimum atomic E-state index is -0.621. The third-order valence-electron chi connectivity index (χ3n) is 4.49. The predicted molar refractivity (Wildman–Crippen MR) is 84.7 cm³/mol. The largest absolute Gasteiger partial charge is 0.347 e. The van der Waals surface area contributed by atoms with Gasteiger partial charge in [-0.05, 0) is 12.8 Å². The lowest BCUT2D eigenvalue weighted by molar-refractivity contribution is 0.186. The Balaban J connectivity index is 1.54. The van der Waals surface area contributed by atoms with Gasteiger partial charge in [0, 0.05) is 32.2 Å². The Kier molecular flexibility index (Phi) is 4.63. The predicted octanol–water partition coefficient (Wildman–Crippen LogP) is -0.377. The zero-order valence-electron chi connectivity index (χ0n) is 13.0. The molecule has 2 amide bonds. The van der Waals surface area contributed by atoms with Crippen molar-refractivity contribution in [1.29, 1.82) is 0 Å². The number of rotatable bonds is 2. The lowest BCUT2D eigenvalue weighted by atomic mass is 9.96. The summed E-state index contributed by atoms with van der Waals surface area (Å²) in [4.78, 5) is 40.7. The zero-order valence-corrected chi connectivity index (χ0v) is 13.0. The first-order valence-corrected chi connectivity index (χ1v) is 8.13. The van der Waals surface area contributed by atoms with E-state index in [1.165, 1.54) is 19.3 Å². The fourth-order valence-corrected chi connectivity index (χ4v) is 3.19. The summed E-state index contributed by atoms with van der Waals surface area (Å²) in [5.41, 5.74) is -1.13. The number of hydrogen-bond donors (Lipinski definition) is 3. The van der Waals surface area contributed by atoms with Gasteiger partial charge < -0.3 is 15.1 Å². The highest BCUT2D eigenvalue weighted by Crippen LogP contribution is 2.18. The van der Waals surface area contributed by atoms with Crippen LogP contribution < -0.4 is 21.5 Å². The maximum atomic E-state index is 12.3. The van der Waals surface area contributed by atoms with Crippen molar-refractivity contribution in [2.24, 2.45) is 0 Å². The molecule has 126 valence electrons. The molecular formula is C14H22N6O3. The molecule has 0 radical (unpaired) electrons. The molecule has 0 unspecified atom stereocenters. The number of carbonyl (C=O) groups excluding carboxylic acids is 1. The molecule has 2 aliphatic rings. The normalized spacial score (nSPS) is 19.7. The van der Waals surface area contributed by atoms with E-state index in [-0.39, 0.29) is 17.9 Å². The van der Waals surface area contributed by atoms with Gasteiger partial charge in [-0.2, -0.15) is 0 Å². The van der Waals surface area contributed by atoms with Crippen LogP contribution in [0, 0.1) is 0 Å². The monoisotopic (exact) mass is 322 g/mol. The molecule has 2 heterocycles. The van der Waals surface area contributed by atoms with E-state index >= 15 is 0 Å². The maximum Gasteiger partial charge on any atom is 0.342 e. The molecule has 2 fully saturated rings. The summed E-state index contributed by atoms with van der Waals surface area (Å²) in [5, 5.41) is 9.12. The van der Waals surface area contributed by atoms with Crippen molar-refractivity contribution in [3.05, 3.63) is 20.8 Å². The van der Waals surface area contributed by atoms with E-state index in [1.807, 2.05) is 0 Å². The Bertz CT molecular complexity index is 655. The zero-order chi connectivity index (χ0) is 16.2. The Labute approximate surface area is 133 Å². The van der Waals surface area contributed by atoms with Crippen LogP contribution >= 0.6 is 0 Å². The van der Waals surface area contributed by atoms with E-state index in [1.54, 1.807) is 9.80 Å². The molecule has 1 saturated heterocycles. The van der Waals surface area contributed by atoms with Crippen molar-refractivity contribution < 1.29 is 4.79 Å². The second kappa shape index (κ2) is 6.84. The van der Waals surface area contributed by atoms with Gasteiger partial charge in [0.25, 0.3) is 5.56 Å². The topological polar surface area (TPSA) is 114 Å². The highest BCUT2D eigenvalue weighted by Gasteiger charge is 2.25. The fraction of sp³-hybridized carbons (Fsp3) is 0.714. The number of amides is 2. The molecule has 0 atom stereocenters. The van der Waals surface area contributed by atoms with Crippen molar-refractivity contribution in [2.75, 3.05) is 31.1 Å². The summed E-state index contributed by atoms with van der Waals surface area (Å²) >= 11 is 0. The number of nitrogens with one attached hydrogen (secondary N) is 3. The molecule has 1 aromatic rings. The maximum absolute atomic E-state index is 12.3. The molecule has 9 nitrogen and oxygen atoms in total. The summed E-state index contributed by atoms with van der Waals surface area (Å²) in [6.07, 6.45) is 5.73. The number of carbonyl (C=O) groups is 1. The number of anilines is 1. The van der Waals surface area contributed by atoms with Gasteiger partial charge in [-0.3, -0.25) is 9.78 Å². The van der Waals surface area contributed by atoms with Crippen LogP contribution in [0.15, 0.2) is 9.59 Å². The van der Waals surface area contributed by atoms with Crippen molar-refractivity contribution in [3.8, 4) is 0 Å². The lowest BCUT2D eigenvalue weighted by Gasteiger charge is -2.35. The summed E-state index contributed by atoms with van der Waals surface area (Å²) < 4.78 is 0. The SMILES string of the molecule is O=C(NC1CCCCC1)N1CCN(c2n[nH]c(=O)[nH]c2=O)CC1. The van der Waals surface area contributed by atoms with Crippen LogP contribution in [0.25, 0.3) is 0 Å². The number of nitrogens with zero attached hydrogens (tertiary/aromatic N) is 3. The number of urea groups is 1. The highest BCUT2D eigenvalue weighted by molar-refractivity contribution is 5.74. The molecule has 1 aliphatic heterocycles. The van der Waals surface area contributed by atoms with Gasteiger partial charge in [-0.1, -0.05) is 19.3 Å². The van der Waals surface area contributed by atoms with Crippen molar-refractivity contribution >= 4 is 11.8 Å². The molecule has 0 aromatic carbocycles.